The number of hydrogen-bond acceptors (Lipinski definition) is 6. The van der Waals surface area contributed by atoms with Crippen LogP contribution in [0.2, 0.25) is 0 Å². The van der Waals surface area contributed by atoms with E-state index < -0.39 is 34.2 Å². The topological polar surface area (TPSA) is 85.4 Å². The van der Waals surface area contributed by atoms with Gasteiger partial charge in [0.05, 0.1) is 0 Å². The van der Waals surface area contributed by atoms with Crippen LogP contribution in [-0.2, 0) is 23.3 Å². The first kappa shape index (κ1) is 22.2. The molecule has 2 aliphatic heterocycles. The van der Waals surface area contributed by atoms with Gasteiger partial charge in [-0.25, -0.2) is 0 Å². The Morgan fingerprint density at radius 3 is 2.16 bits per heavy atom. The van der Waals surface area contributed by atoms with Gasteiger partial charge in [-0.3, -0.25) is 0 Å². The van der Waals surface area contributed by atoms with Crippen LogP contribution in [0.4, 0.5) is 15.3 Å². The van der Waals surface area contributed by atoms with E-state index in [1.165, 1.54) is 31.1 Å². The molecule has 9 heteroatoms. The van der Waals surface area contributed by atoms with E-state index in [2.05, 4.69) is 0 Å². The molecule has 0 bridgehead atoms. The Morgan fingerprint density at radius 1 is 0.906 bits per heavy atom. The average molecular weight is 503 g/mol. The second-order valence-corrected chi connectivity index (χ2v) is 10.8. The molecule has 2 heterocycles. The maximum absolute atomic E-state index is 13.1. The molecular formula is C23H24N2O6Se. The Balaban J connectivity index is 2.01. The zero-order chi connectivity index (χ0) is 23.1. The van der Waals surface area contributed by atoms with E-state index in [9.17, 15) is 14.4 Å². The number of para-hydroxylation sites is 1. The van der Waals surface area contributed by atoms with Gasteiger partial charge in [-0.15, -0.1) is 0 Å². The van der Waals surface area contributed by atoms with E-state index in [1.54, 1.807) is 6.92 Å². The van der Waals surface area contributed by atoms with Crippen LogP contribution < -0.4 is 9.36 Å². The summed E-state index contributed by atoms with van der Waals surface area (Å²) in [5.41, 5.74) is 0.201. The Hall–Kier alpha value is -3.03. The molecule has 168 valence electrons. The molecule has 3 atom stereocenters. The van der Waals surface area contributed by atoms with E-state index in [-0.39, 0.29) is 21.4 Å². The molecule has 2 amide bonds. The third-order valence-electron chi connectivity index (χ3n) is 6.08. The number of carbonyl (C=O) groups excluding carboxylic acids is 3. The summed E-state index contributed by atoms with van der Waals surface area (Å²) in [5, 5.41) is 0. The molecule has 2 aliphatic rings. The van der Waals surface area contributed by atoms with Crippen molar-refractivity contribution in [1.82, 2.24) is 4.90 Å². The Bertz CT molecular complexity index is 1060. The van der Waals surface area contributed by atoms with Crippen molar-refractivity contribution in [2.24, 2.45) is 0 Å². The van der Waals surface area contributed by atoms with Gasteiger partial charge in [-0.1, -0.05) is 0 Å². The summed E-state index contributed by atoms with van der Waals surface area (Å²) >= 11 is -0.268. The first-order valence-corrected chi connectivity index (χ1v) is 11.7. The number of hydrogen-bond donors (Lipinski definition) is 0. The van der Waals surface area contributed by atoms with Crippen LogP contribution in [-0.4, -0.2) is 71.0 Å². The quantitative estimate of drug-likeness (QED) is 0.363. The molecule has 0 aliphatic carbocycles. The minimum atomic E-state index is -1.34. The van der Waals surface area contributed by atoms with Crippen molar-refractivity contribution in [1.29, 1.82) is 0 Å². The number of carbonyl (C=O) groups is 3. The Kier molecular flexibility index (Phi) is 5.65. The van der Waals surface area contributed by atoms with E-state index in [0.717, 1.165) is 10.0 Å². The molecule has 0 saturated carbocycles. The van der Waals surface area contributed by atoms with Gasteiger partial charge in [0.2, 0.25) is 0 Å². The second kappa shape index (κ2) is 8.15. The summed E-state index contributed by atoms with van der Waals surface area (Å²) in [6, 6.07) is 17.4. The standard InChI is InChI=1S/C23H24N2O6Se/c1-22(19(26)29-2)14-23(32-15-10-6-5-7-11-15)16-12-8-9-13-17(16)24(20(27)30-3)18(23)25(22)21(28)31-4/h5-13,18H,14H2,1-4H3/t18-,22+,23+/m0/s1. The number of anilines is 1. The first-order chi connectivity index (χ1) is 15.3. The third-order valence-corrected chi connectivity index (χ3v) is 9.11. The fourth-order valence-corrected chi connectivity index (χ4v) is 8.32. The first-order valence-electron chi connectivity index (χ1n) is 10.0. The van der Waals surface area contributed by atoms with Crippen LogP contribution in [0.3, 0.4) is 0 Å². The number of ether oxygens (including phenoxy) is 3. The number of benzene rings is 2. The van der Waals surface area contributed by atoms with Gasteiger partial charge in [-0.05, 0) is 0 Å². The molecule has 0 spiro atoms. The molecule has 1 saturated heterocycles. The SMILES string of the molecule is COC(=O)N1c2ccccc2[C@]2([Se]c3ccccc3)C[C@](C)(C(=O)OC)N(C(=O)OC)[C@H]12. The summed E-state index contributed by atoms with van der Waals surface area (Å²) < 4.78 is 15.7. The molecule has 2 aromatic carbocycles. The molecule has 1 fully saturated rings. The van der Waals surface area contributed by atoms with Crippen molar-refractivity contribution in [3.63, 3.8) is 0 Å². The predicted octanol–water partition coefficient (Wildman–Crippen LogP) is 2.23. The Morgan fingerprint density at radius 2 is 1.53 bits per heavy atom. The van der Waals surface area contributed by atoms with E-state index in [4.69, 9.17) is 14.2 Å². The van der Waals surface area contributed by atoms with Crippen molar-refractivity contribution >= 4 is 43.3 Å². The van der Waals surface area contributed by atoms with Crippen LogP contribution in [0, 0.1) is 0 Å². The molecular weight excluding hydrogens is 479 g/mol. The molecule has 2 aromatic rings. The molecule has 0 aromatic heterocycles. The van der Waals surface area contributed by atoms with Crippen LogP contribution in [0.5, 0.6) is 0 Å². The van der Waals surface area contributed by atoms with Crippen molar-refractivity contribution in [3.05, 3.63) is 60.2 Å². The number of nitrogens with zero attached hydrogens (tertiary/aromatic N) is 2. The second-order valence-electron chi connectivity index (χ2n) is 7.82. The van der Waals surface area contributed by atoms with Crippen LogP contribution in [0.15, 0.2) is 54.6 Å². The zero-order valence-corrected chi connectivity index (χ0v) is 19.9. The van der Waals surface area contributed by atoms with Crippen LogP contribution >= 0.6 is 0 Å². The maximum atomic E-state index is 13.1. The summed E-state index contributed by atoms with van der Waals surface area (Å²) in [6.45, 7) is 1.66. The van der Waals surface area contributed by atoms with Gasteiger partial charge in [0.25, 0.3) is 0 Å². The van der Waals surface area contributed by atoms with Gasteiger partial charge in [0, 0.05) is 0 Å². The van der Waals surface area contributed by atoms with Crippen molar-refractivity contribution in [2.75, 3.05) is 26.2 Å². The van der Waals surface area contributed by atoms with Gasteiger partial charge in [0.15, 0.2) is 0 Å². The van der Waals surface area contributed by atoms with Crippen LogP contribution in [0.25, 0.3) is 0 Å². The zero-order valence-electron chi connectivity index (χ0n) is 18.2. The fraction of sp³-hybridized carbons (Fsp3) is 0.348. The monoisotopic (exact) mass is 504 g/mol. The average Bonchev–Trinajstić information content (AvgIpc) is 3.23. The van der Waals surface area contributed by atoms with Gasteiger partial charge in [-0.2, -0.15) is 0 Å². The molecule has 0 N–H and O–H groups in total. The van der Waals surface area contributed by atoms with E-state index in [0.29, 0.717) is 5.69 Å². The summed E-state index contributed by atoms with van der Waals surface area (Å²) in [6.07, 6.45) is -1.87. The number of rotatable bonds is 3. The van der Waals surface area contributed by atoms with Gasteiger partial charge in [0.1, 0.15) is 0 Å². The predicted molar refractivity (Wildman–Crippen MR) is 118 cm³/mol. The normalized spacial score (nSPS) is 25.7. The third kappa shape index (κ3) is 3.07. The van der Waals surface area contributed by atoms with Crippen molar-refractivity contribution < 1.29 is 28.6 Å². The summed E-state index contributed by atoms with van der Waals surface area (Å²) in [7, 11) is 3.84. The molecule has 8 nitrogen and oxygen atoms in total. The van der Waals surface area contributed by atoms with Crippen molar-refractivity contribution in [2.45, 2.75) is 29.4 Å². The summed E-state index contributed by atoms with van der Waals surface area (Å²) in [4.78, 5) is 42.0. The molecule has 4 rings (SSSR count). The van der Waals surface area contributed by atoms with Gasteiger partial charge >= 0.3 is 193 Å². The Labute approximate surface area is 192 Å². The fourth-order valence-electron chi connectivity index (χ4n) is 4.83. The number of esters is 1. The van der Waals surface area contributed by atoms with E-state index >= 15 is 0 Å². The number of likely N-dealkylation sites (tertiary alicyclic amines) is 1. The number of amides is 2. The molecule has 0 unspecified atom stereocenters. The van der Waals surface area contributed by atoms with Crippen molar-refractivity contribution in [3.8, 4) is 0 Å². The number of methoxy groups -OCH3 is 3. The van der Waals surface area contributed by atoms with Crippen LogP contribution in [0.1, 0.15) is 18.9 Å². The molecule has 32 heavy (non-hydrogen) atoms. The minimum absolute atomic E-state index is 0.268. The van der Waals surface area contributed by atoms with E-state index in [1.807, 2.05) is 54.6 Å². The molecule has 0 radical (unpaired) electrons. The summed E-state index contributed by atoms with van der Waals surface area (Å²) in [5.74, 6) is -0.567. The van der Waals surface area contributed by atoms with Gasteiger partial charge < -0.3 is 0 Å². The number of fused-ring (bicyclic) bond motifs is 3.